The van der Waals surface area contributed by atoms with Crippen LogP contribution in [0.25, 0.3) is 0 Å². The van der Waals surface area contributed by atoms with Crippen molar-refractivity contribution >= 4 is 11.7 Å². The second kappa shape index (κ2) is 10.6. The number of rotatable bonds is 11. The van der Waals surface area contributed by atoms with Crippen molar-refractivity contribution in [3.05, 3.63) is 90.5 Å². The number of carboxylic acid groups (broad SMARTS) is 1. The molecule has 0 fully saturated rings. The van der Waals surface area contributed by atoms with Crippen molar-refractivity contribution in [3.8, 4) is 0 Å². The lowest BCUT2D eigenvalue weighted by Gasteiger charge is -2.21. The summed E-state index contributed by atoms with van der Waals surface area (Å²) in [4.78, 5) is 21.2. The molecule has 31 heavy (non-hydrogen) atoms. The Balaban J connectivity index is 1.82. The number of nitrogens with zero attached hydrogens (tertiary/aromatic N) is 3. The lowest BCUT2D eigenvalue weighted by molar-refractivity contribution is -0.147. The van der Waals surface area contributed by atoms with Gasteiger partial charge in [-0.1, -0.05) is 65.8 Å². The molecule has 0 bridgehead atoms. The van der Waals surface area contributed by atoms with E-state index in [1.807, 2.05) is 59.3 Å². The van der Waals surface area contributed by atoms with E-state index in [1.54, 1.807) is 26.4 Å². The SMILES string of the molecule is CC(C)(CCCO/N=C(\c1ccccc1)C(Cc1ccccc1)n1ccnc1)C(=O)O. The van der Waals surface area contributed by atoms with Crippen molar-refractivity contribution in [1.82, 2.24) is 9.55 Å². The van der Waals surface area contributed by atoms with Gasteiger partial charge in [0.25, 0.3) is 0 Å². The van der Waals surface area contributed by atoms with E-state index in [4.69, 9.17) is 4.84 Å². The van der Waals surface area contributed by atoms with Gasteiger partial charge in [-0.2, -0.15) is 0 Å². The average molecular weight is 420 g/mol. The van der Waals surface area contributed by atoms with Gasteiger partial charge in [0.05, 0.1) is 17.8 Å². The summed E-state index contributed by atoms with van der Waals surface area (Å²) in [5.41, 5.74) is 2.19. The minimum absolute atomic E-state index is 0.0947. The van der Waals surface area contributed by atoms with Crippen LogP contribution in [0.1, 0.15) is 43.9 Å². The summed E-state index contributed by atoms with van der Waals surface area (Å²) >= 11 is 0. The van der Waals surface area contributed by atoms with Crippen molar-refractivity contribution < 1.29 is 14.7 Å². The first kappa shape index (κ1) is 22.3. The largest absolute Gasteiger partial charge is 0.481 e. The second-order valence-corrected chi connectivity index (χ2v) is 8.18. The highest BCUT2D eigenvalue weighted by atomic mass is 16.6. The van der Waals surface area contributed by atoms with E-state index < -0.39 is 11.4 Å². The zero-order chi connectivity index (χ0) is 22.1. The zero-order valence-corrected chi connectivity index (χ0v) is 18.0. The highest BCUT2D eigenvalue weighted by Gasteiger charge is 2.26. The number of imidazole rings is 1. The van der Waals surface area contributed by atoms with Crippen LogP contribution in [0, 0.1) is 5.41 Å². The summed E-state index contributed by atoms with van der Waals surface area (Å²) in [6.07, 6.45) is 7.35. The molecule has 6 heteroatoms. The Labute approximate surface area is 183 Å². The standard InChI is InChI=1S/C25H29N3O3/c1-25(2,24(29)30)14-9-17-31-27-23(21-12-7-4-8-13-21)22(28-16-15-26-19-28)18-20-10-5-3-6-11-20/h3-8,10-13,15-16,19,22H,9,14,17-18H2,1-2H3,(H,29,30)/b27-23+. The fourth-order valence-corrected chi connectivity index (χ4v) is 3.35. The number of hydrogen-bond donors (Lipinski definition) is 1. The molecule has 0 aliphatic rings. The molecule has 0 saturated carbocycles. The molecule has 1 N–H and O–H groups in total. The van der Waals surface area contributed by atoms with Crippen molar-refractivity contribution in [2.45, 2.75) is 39.2 Å². The van der Waals surface area contributed by atoms with Gasteiger partial charge < -0.3 is 14.5 Å². The topological polar surface area (TPSA) is 76.7 Å². The van der Waals surface area contributed by atoms with Crippen LogP contribution in [-0.2, 0) is 16.1 Å². The minimum atomic E-state index is -0.802. The summed E-state index contributed by atoms with van der Waals surface area (Å²) in [5.74, 6) is -0.802. The van der Waals surface area contributed by atoms with Crippen LogP contribution in [0.2, 0.25) is 0 Å². The Morgan fingerprint density at radius 3 is 2.42 bits per heavy atom. The summed E-state index contributed by atoms with van der Waals surface area (Å²) < 4.78 is 2.04. The summed E-state index contributed by atoms with van der Waals surface area (Å²) in [7, 11) is 0. The molecule has 3 aromatic rings. The second-order valence-electron chi connectivity index (χ2n) is 8.18. The minimum Gasteiger partial charge on any atom is -0.481 e. The van der Waals surface area contributed by atoms with E-state index in [-0.39, 0.29) is 6.04 Å². The number of carbonyl (C=O) groups is 1. The maximum absolute atomic E-state index is 11.3. The number of carboxylic acids is 1. The third kappa shape index (κ3) is 6.28. The van der Waals surface area contributed by atoms with E-state index in [0.717, 1.165) is 17.7 Å². The fourth-order valence-electron chi connectivity index (χ4n) is 3.35. The molecule has 0 radical (unpaired) electrons. The molecule has 6 nitrogen and oxygen atoms in total. The predicted octanol–water partition coefficient (Wildman–Crippen LogP) is 4.98. The number of hydrogen-bond acceptors (Lipinski definition) is 4. The number of benzene rings is 2. The van der Waals surface area contributed by atoms with Crippen LogP contribution in [0.4, 0.5) is 0 Å². The van der Waals surface area contributed by atoms with Gasteiger partial charge >= 0.3 is 5.97 Å². The molecule has 0 spiro atoms. The fraction of sp³-hybridized carbons (Fsp3) is 0.320. The molecule has 162 valence electrons. The third-order valence-corrected chi connectivity index (χ3v) is 5.32. The smallest absolute Gasteiger partial charge is 0.309 e. The van der Waals surface area contributed by atoms with Gasteiger partial charge in [0.1, 0.15) is 12.3 Å². The highest BCUT2D eigenvalue weighted by molar-refractivity contribution is 6.03. The number of oxime groups is 1. The van der Waals surface area contributed by atoms with Gasteiger partial charge in [-0.15, -0.1) is 0 Å². The molecule has 1 unspecified atom stereocenters. The monoisotopic (exact) mass is 419 g/mol. The first-order chi connectivity index (χ1) is 15.0. The molecule has 0 aliphatic carbocycles. The lowest BCUT2D eigenvalue weighted by atomic mass is 9.88. The summed E-state index contributed by atoms with van der Waals surface area (Å²) in [5, 5.41) is 13.8. The molecular weight excluding hydrogens is 390 g/mol. The Morgan fingerprint density at radius 1 is 1.13 bits per heavy atom. The van der Waals surface area contributed by atoms with Gasteiger partial charge in [0.2, 0.25) is 0 Å². The van der Waals surface area contributed by atoms with E-state index in [9.17, 15) is 9.90 Å². The van der Waals surface area contributed by atoms with E-state index >= 15 is 0 Å². The Hall–Kier alpha value is -3.41. The Kier molecular flexibility index (Phi) is 7.60. The number of aliphatic carboxylic acids is 1. The quantitative estimate of drug-likeness (QED) is 0.270. The first-order valence-electron chi connectivity index (χ1n) is 10.5. The predicted molar refractivity (Wildman–Crippen MR) is 121 cm³/mol. The van der Waals surface area contributed by atoms with Crippen molar-refractivity contribution in [3.63, 3.8) is 0 Å². The van der Waals surface area contributed by atoms with Gasteiger partial charge in [0, 0.05) is 18.0 Å². The van der Waals surface area contributed by atoms with Crippen LogP contribution >= 0.6 is 0 Å². The molecule has 3 rings (SSSR count). The average Bonchev–Trinajstić information content (AvgIpc) is 3.31. The maximum atomic E-state index is 11.3. The summed E-state index contributed by atoms with van der Waals surface area (Å²) in [6, 6.07) is 20.1. The Bertz CT molecular complexity index is 968. The van der Waals surface area contributed by atoms with Crippen LogP contribution < -0.4 is 0 Å². The van der Waals surface area contributed by atoms with Crippen LogP contribution in [-0.4, -0.2) is 32.9 Å². The van der Waals surface area contributed by atoms with Crippen LogP contribution in [0.5, 0.6) is 0 Å². The molecule has 1 atom stereocenters. The van der Waals surface area contributed by atoms with Crippen molar-refractivity contribution in [1.29, 1.82) is 0 Å². The van der Waals surface area contributed by atoms with Gasteiger partial charge in [-0.25, -0.2) is 4.98 Å². The summed E-state index contributed by atoms with van der Waals surface area (Å²) in [6.45, 7) is 3.81. The third-order valence-electron chi connectivity index (χ3n) is 5.32. The molecule has 0 aliphatic heterocycles. The van der Waals surface area contributed by atoms with Crippen LogP contribution in [0.15, 0.2) is 84.5 Å². The van der Waals surface area contributed by atoms with Gasteiger partial charge in [-0.05, 0) is 38.7 Å². The Morgan fingerprint density at radius 2 is 1.81 bits per heavy atom. The van der Waals surface area contributed by atoms with E-state index in [0.29, 0.717) is 19.4 Å². The number of aromatic nitrogens is 2. The van der Waals surface area contributed by atoms with Gasteiger partial charge in [0.15, 0.2) is 0 Å². The lowest BCUT2D eigenvalue weighted by Crippen LogP contribution is -2.24. The normalized spacial score (nSPS) is 13.0. The first-order valence-corrected chi connectivity index (χ1v) is 10.5. The molecule has 2 aromatic carbocycles. The molecule has 1 aromatic heterocycles. The zero-order valence-electron chi connectivity index (χ0n) is 18.0. The molecule has 1 heterocycles. The molecule has 0 saturated heterocycles. The highest BCUT2D eigenvalue weighted by Crippen LogP contribution is 2.23. The van der Waals surface area contributed by atoms with Crippen molar-refractivity contribution in [2.75, 3.05) is 6.61 Å². The van der Waals surface area contributed by atoms with E-state index in [1.165, 1.54) is 5.56 Å². The maximum Gasteiger partial charge on any atom is 0.309 e. The van der Waals surface area contributed by atoms with Crippen LogP contribution in [0.3, 0.4) is 0 Å². The van der Waals surface area contributed by atoms with Gasteiger partial charge in [-0.3, -0.25) is 4.79 Å². The van der Waals surface area contributed by atoms with Crippen molar-refractivity contribution in [2.24, 2.45) is 10.6 Å². The molecular formula is C25H29N3O3. The molecule has 0 amide bonds. The van der Waals surface area contributed by atoms with E-state index in [2.05, 4.69) is 22.3 Å².